The molecule has 2 rings (SSSR count). The van der Waals surface area contributed by atoms with E-state index in [1.165, 1.54) is 12.1 Å². The number of amidine groups is 1. The standard InChI is InChI=1S/C7H5FN2O2S/c8-4-2-1-3-5-6(4)7(9)10-13(5,11)12/h1-3H,(H2,9,10). The van der Waals surface area contributed by atoms with Crippen molar-refractivity contribution in [1.82, 2.24) is 0 Å². The van der Waals surface area contributed by atoms with Crippen LogP contribution in [0, 0.1) is 5.82 Å². The van der Waals surface area contributed by atoms with Gasteiger partial charge in [0.25, 0.3) is 10.0 Å². The van der Waals surface area contributed by atoms with Crippen molar-refractivity contribution < 1.29 is 12.8 Å². The van der Waals surface area contributed by atoms with Crippen LogP contribution in [0.2, 0.25) is 0 Å². The maximum Gasteiger partial charge on any atom is 0.285 e. The second-order valence-corrected chi connectivity index (χ2v) is 4.14. The number of rotatable bonds is 0. The number of hydrogen-bond donors (Lipinski definition) is 1. The van der Waals surface area contributed by atoms with Crippen molar-refractivity contribution in [3.8, 4) is 0 Å². The number of sulfonamides is 1. The Balaban J connectivity index is 2.90. The first-order chi connectivity index (χ1) is 6.02. The van der Waals surface area contributed by atoms with Gasteiger partial charge in [0.05, 0.1) is 5.56 Å². The van der Waals surface area contributed by atoms with Gasteiger partial charge in [0.1, 0.15) is 16.5 Å². The molecule has 0 unspecified atom stereocenters. The second-order valence-electron chi connectivity index (χ2n) is 2.56. The van der Waals surface area contributed by atoms with Crippen molar-refractivity contribution in [2.24, 2.45) is 10.1 Å². The molecule has 1 aromatic carbocycles. The minimum Gasteiger partial charge on any atom is -0.382 e. The van der Waals surface area contributed by atoms with E-state index in [4.69, 9.17) is 5.73 Å². The van der Waals surface area contributed by atoms with Crippen LogP contribution in [-0.4, -0.2) is 14.3 Å². The molecule has 0 fully saturated rings. The molecule has 1 heterocycles. The SMILES string of the molecule is NC1=NS(=O)(=O)c2cccc(F)c21. The van der Waals surface area contributed by atoms with E-state index in [0.29, 0.717) is 0 Å². The van der Waals surface area contributed by atoms with Gasteiger partial charge in [-0.3, -0.25) is 0 Å². The normalized spacial score (nSPS) is 18.1. The molecule has 0 saturated heterocycles. The third-order valence-electron chi connectivity index (χ3n) is 1.73. The molecule has 0 radical (unpaired) electrons. The molecule has 13 heavy (non-hydrogen) atoms. The van der Waals surface area contributed by atoms with E-state index in [0.717, 1.165) is 6.07 Å². The van der Waals surface area contributed by atoms with E-state index in [9.17, 15) is 12.8 Å². The van der Waals surface area contributed by atoms with Gasteiger partial charge < -0.3 is 5.73 Å². The van der Waals surface area contributed by atoms with Gasteiger partial charge >= 0.3 is 0 Å². The number of nitrogens with two attached hydrogens (primary N) is 1. The van der Waals surface area contributed by atoms with E-state index >= 15 is 0 Å². The first-order valence-corrected chi connectivity index (χ1v) is 4.86. The Kier molecular flexibility index (Phi) is 1.44. The van der Waals surface area contributed by atoms with Crippen LogP contribution >= 0.6 is 0 Å². The Labute approximate surface area is 74.0 Å². The van der Waals surface area contributed by atoms with E-state index in [1.54, 1.807) is 0 Å². The lowest BCUT2D eigenvalue weighted by Gasteiger charge is -1.97. The van der Waals surface area contributed by atoms with Crippen LogP contribution in [-0.2, 0) is 10.0 Å². The van der Waals surface area contributed by atoms with Crippen LogP contribution < -0.4 is 5.73 Å². The third-order valence-corrected chi connectivity index (χ3v) is 3.06. The fourth-order valence-corrected chi connectivity index (χ4v) is 2.35. The Hall–Kier alpha value is -1.43. The molecule has 4 nitrogen and oxygen atoms in total. The molecule has 6 heteroatoms. The molecular formula is C7H5FN2O2S. The van der Waals surface area contributed by atoms with Crippen molar-refractivity contribution >= 4 is 15.9 Å². The zero-order valence-electron chi connectivity index (χ0n) is 6.36. The topological polar surface area (TPSA) is 72.5 Å². The molecule has 1 aliphatic heterocycles. The van der Waals surface area contributed by atoms with Crippen molar-refractivity contribution in [1.29, 1.82) is 0 Å². The van der Waals surface area contributed by atoms with E-state index in [2.05, 4.69) is 4.40 Å². The summed E-state index contributed by atoms with van der Waals surface area (Å²) in [5.41, 5.74) is 5.13. The van der Waals surface area contributed by atoms with Gasteiger partial charge in [-0.05, 0) is 12.1 Å². The smallest absolute Gasteiger partial charge is 0.285 e. The quantitative estimate of drug-likeness (QED) is 0.651. The number of nitrogens with zero attached hydrogens (tertiary/aromatic N) is 1. The van der Waals surface area contributed by atoms with Crippen molar-refractivity contribution in [3.05, 3.63) is 29.6 Å². The highest BCUT2D eigenvalue weighted by Gasteiger charge is 2.29. The molecule has 0 spiro atoms. The van der Waals surface area contributed by atoms with E-state index < -0.39 is 15.8 Å². The summed E-state index contributed by atoms with van der Waals surface area (Å²) in [6.45, 7) is 0. The maximum atomic E-state index is 13.1. The number of halogens is 1. The largest absolute Gasteiger partial charge is 0.382 e. The third kappa shape index (κ3) is 1.02. The molecule has 1 aliphatic rings. The molecule has 0 aromatic heterocycles. The summed E-state index contributed by atoms with van der Waals surface area (Å²) >= 11 is 0. The van der Waals surface area contributed by atoms with Gasteiger partial charge in [0, 0.05) is 0 Å². The summed E-state index contributed by atoms with van der Waals surface area (Å²) < 4.78 is 38.6. The van der Waals surface area contributed by atoms with Crippen LogP contribution in [0.1, 0.15) is 5.56 Å². The predicted octanol–water partition coefficient (Wildman–Crippen LogP) is 0.233. The van der Waals surface area contributed by atoms with Gasteiger partial charge in [0.15, 0.2) is 0 Å². The molecule has 0 atom stereocenters. The molecule has 68 valence electrons. The monoisotopic (exact) mass is 200 g/mol. The summed E-state index contributed by atoms with van der Waals surface area (Å²) in [5, 5.41) is 0. The number of hydrogen-bond acceptors (Lipinski definition) is 3. The van der Waals surface area contributed by atoms with Crippen LogP contribution in [0.15, 0.2) is 27.5 Å². The highest BCUT2D eigenvalue weighted by Crippen LogP contribution is 2.26. The van der Waals surface area contributed by atoms with Crippen molar-refractivity contribution in [2.75, 3.05) is 0 Å². The maximum absolute atomic E-state index is 13.1. The lowest BCUT2D eigenvalue weighted by Crippen LogP contribution is -2.12. The van der Waals surface area contributed by atoms with Gasteiger partial charge in [0.2, 0.25) is 0 Å². The van der Waals surface area contributed by atoms with Crippen LogP contribution in [0.25, 0.3) is 0 Å². The number of benzene rings is 1. The van der Waals surface area contributed by atoms with Crippen LogP contribution in [0.4, 0.5) is 4.39 Å². The zero-order chi connectivity index (χ0) is 9.64. The molecule has 1 aromatic rings. The minimum atomic E-state index is -3.75. The average molecular weight is 200 g/mol. The molecule has 2 N–H and O–H groups in total. The lowest BCUT2D eigenvalue weighted by atomic mass is 10.2. The summed E-state index contributed by atoms with van der Waals surface area (Å²) in [7, 11) is -3.75. The Morgan fingerprint density at radius 1 is 1.38 bits per heavy atom. The fourth-order valence-electron chi connectivity index (χ4n) is 1.19. The Bertz CT molecular complexity index is 507. The fraction of sp³-hybridized carbons (Fsp3) is 0. The Morgan fingerprint density at radius 3 is 2.69 bits per heavy atom. The summed E-state index contributed by atoms with van der Waals surface area (Å²) in [6.07, 6.45) is 0. The van der Waals surface area contributed by atoms with Gasteiger partial charge in [-0.25, -0.2) is 4.39 Å². The van der Waals surface area contributed by atoms with E-state index in [1.807, 2.05) is 0 Å². The first kappa shape index (κ1) is 8.18. The Morgan fingerprint density at radius 2 is 2.08 bits per heavy atom. The highest BCUT2D eigenvalue weighted by molar-refractivity contribution is 7.90. The molecule has 0 aliphatic carbocycles. The van der Waals surface area contributed by atoms with Gasteiger partial charge in [-0.15, -0.1) is 4.40 Å². The first-order valence-electron chi connectivity index (χ1n) is 3.42. The molecular weight excluding hydrogens is 195 g/mol. The number of fused-ring (bicyclic) bond motifs is 1. The minimum absolute atomic E-state index is 0.123. The predicted molar refractivity (Wildman–Crippen MR) is 44.3 cm³/mol. The van der Waals surface area contributed by atoms with Gasteiger partial charge in [-0.1, -0.05) is 6.07 Å². The van der Waals surface area contributed by atoms with Crippen molar-refractivity contribution in [2.45, 2.75) is 4.90 Å². The summed E-state index contributed by atoms with van der Waals surface area (Å²) in [4.78, 5) is -0.162. The van der Waals surface area contributed by atoms with Crippen molar-refractivity contribution in [3.63, 3.8) is 0 Å². The summed E-state index contributed by atoms with van der Waals surface area (Å²) in [6, 6.07) is 3.72. The average Bonchev–Trinajstić information content (AvgIpc) is 2.24. The zero-order valence-corrected chi connectivity index (χ0v) is 7.18. The van der Waals surface area contributed by atoms with E-state index in [-0.39, 0.29) is 16.3 Å². The summed E-state index contributed by atoms with van der Waals surface area (Å²) in [5.74, 6) is -0.951. The second kappa shape index (κ2) is 2.29. The molecule has 0 bridgehead atoms. The van der Waals surface area contributed by atoms with Gasteiger partial charge in [-0.2, -0.15) is 8.42 Å². The lowest BCUT2D eigenvalue weighted by molar-refractivity contribution is 0.595. The molecule has 0 saturated carbocycles. The molecule has 0 amide bonds. The highest BCUT2D eigenvalue weighted by atomic mass is 32.2. The van der Waals surface area contributed by atoms with Crippen LogP contribution in [0.5, 0.6) is 0 Å². The van der Waals surface area contributed by atoms with Crippen LogP contribution in [0.3, 0.4) is 0 Å².